The van der Waals surface area contributed by atoms with E-state index in [0.29, 0.717) is 18.0 Å². The minimum Gasteiger partial charge on any atom is -0.375 e. The summed E-state index contributed by atoms with van der Waals surface area (Å²) in [6, 6.07) is 2.03. The summed E-state index contributed by atoms with van der Waals surface area (Å²) in [4.78, 5) is 15.1. The number of nitrogens with zero attached hydrogens (tertiary/aromatic N) is 2. The summed E-state index contributed by atoms with van der Waals surface area (Å²) in [5.41, 5.74) is 1.33. The van der Waals surface area contributed by atoms with Crippen molar-refractivity contribution in [3.63, 3.8) is 0 Å². The van der Waals surface area contributed by atoms with Crippen LogP contribution in [0, 0.1) is 16.0 Å². The molecular weight excluding hydrogens is 362 g/mol. The minimum absolute atomic E-state index is 0.00847. The molecule has 0 bridgehead atoms. The molecule has 25 heavy (non-hydrogen) atoms. The average Bonchev–Trinajstić information content (AvgIpc) is 3.02. The summed E-state index contributed by atoms with van der Waals surface area (Å²) < 4.78 is 23.4. The lowest BCUT2D eigenvalue weighted by Crippen LogP contribution is -2.27. The Hall–Kier alpha value is -1.74. The molecular formula is C16H21N3O4S2. The van der Waals surface area contributed by atoms with Crippen molar-refractivity contribution in [2.75, 3.05) is 17.3 Å². The second-order valence-electron chi connectivity index (χ2n) is 6.69. The molecule has 0 saturated heterocycles. The van der Waals surface area contributed by atoms with Gasteiger partial charge in [-0.25, -0.2) is 13.4 Å². The fourth-order valence-corrected chi connectivity index (χ4v) is 4.98. The van der Waals surface area contributed by atoms with Gasteiger partial charge < -0.3 is 5.32 Å². The maximum atomic E-state index is 11.3. The number of sulfone groups is 1. The molecule has 0 radical (unpaired) electrons. The summed E-state index contributed by atoms with van der Waals surface area (Å²) >= 11 is 1.45. The lowest BCUT2D eigenvalue weighted by Gasteiger charge is -2.29. The Morgan fingerprint density at radius 3 is 2.72 bits per heavy atom. The third-order valence-electron chi connectivity index (χ3n) is 4.74. The Bertz CT molecular complexity index is 871. The van der Waals surface area contributed by atoms with E-state index in [1.165, 1.54) is 23.8 Å². The maximum Gasteiger partial charge on any atom is 0.311 e. The fourth-order valence-electron chi connectivity index (χ4n) is 3.36. The highest BCUT2D eigenvalue weighted by atomic mass is 32.2. The summed E-state index contributed by atoms with van der Waals surface area (Å²) in [5.74, 6) is 0.656. The zero-order chi connectivity index (χ0) is 18.0. The number of aromatic nitrogens is 1. The van der Waals surface area contributed by atoms with E-state index in [1.54, 1.807) is 0 Å². The molecule has 0 amide bonds. The lowest BCUT2D eigenvalue weighted by molar-refractivity contribution is -0.384. The third kappa shape index (κ3) is 4.46. The van der Waals surface area contributed by atoms with Crippen molar-refractivity contribution in [1.29, 1.82) is 0 Å². The van der Waals surface area contributed by atoms with Gasteiger partial charge in [0.1, 0.15) is 21.7 Å². The number of nitro groups is 1. The van der Waals surface area contributed by atoms with Crippen LogP contribution in [0.5, 0.6) is 0 Å². The molecule has 2 aromatic heterocycles. The van der Waals surface area contributed by atoms with Crippen LogP contribution in [0.3, 0.4) is 0 Å². The lowest BCUT2D eigenvalue weighted by atomic mass is 9.84. The van der Waals surface area contributed by atoms with E-state index >= 15 is 0 Å². The summed E-state index contributed by atoms with van der Waals surface area (Å²) in [6.45, 7) is 0. The molecule has 7 nitrogen and oxygen atoms in total. The largest absolute Gasteiger partial charge is 0.375 e. The first-order chi connectivity index (χ1) is 11.8. The third-order valence-corrected chi connectivity index (χ3v) is 6.64. The number of anilines is 1. The van der Waals surface area contributed by atoms with Crippen molar-refractivity contribution in [1.82, 2.24) is 4.98 Å². The van der Waals surface area contributed by atoms with Crippen molar-refractivity contribution >= 4 is 42.8 Å². The first-order valence-corrected chi connectivity index (χ1v) is 11.2. The number of rotatable bonds is 6. The van der Waals surface area contributed by atoms with E-state index in [2.05, 4.69) is 10.3 Å². The first-order valence-electron chi connectivity index (χ1n) is 8.28. The normalized spacial score (nSPS) is 21.3. The smallest absolute Gasteiger partial charge is 0.311 e. The molecule has 3 rings (SSSR count). The molecule has 1 saturated carbocycles. The SMILES string of the molecule is CS(=O)(=O)CC[C@H]1CC[C@H](Nc2c([N+](=O)[O-])cnc3ccsc23)CC1. The van der Waals surface area contributed by atoms with Gasteiger partial charge >= 0.3 is 5.69 Å². The van der Waals surface area contributed by atoms with Crippen LogP contribution in [0.4, 0.5) is 11.4 Å². The number of thiophene rings is 1. The van der Waals surface area contributed by atoms with Crippen LogP contribution in [0.1, 0.15) is 32.1 Å². The summed E-state index contributed by atoms with van der Waals surface area (Å²) in [5, 5.41) is 16.6. The summed E-state index contributed by atoms with van der Waals surface area (Å²) in [6.07, 6.45) is 6.96. The van der Waals surface area contributed by atoms with Crippen molar-refractivity contribution in [2.24, 2.45) is 5.92 Å². The van der Waals surface area contributed by atoms with Gasteiger partial charge in [0.2, 0.25) is 0 Å². The van der Waals surface area contributed by atoms with Gasteiger partial charge in [-0.05, 0) is 49.5 Å². The van der Waals surface area contributed by atoms with E-state index in [9.17, 15) is 18.5 Å². The predicted molar refractivity (Wildman–Crippen MR) is 100.0 cm³/mol. The Morgan fingerprint density at radius 1 is 1.36 bits per heavy atom. The second-order valence-corrected chi connectivity index (χ2v) is 9.87. The molecule has 2 heterocycles. The van der Waals surface area contributed by atoms with Gasteiger partial charge in [0.05, 0.1) is 20.9 Å². The molecule has 0 aromatic carbocycles. The molecule has 1 fully saturated rings. The van der Waals surface area contributed by atoms with Crippen LogP contribution in [-0.2, 0) is 9.84 Å². The molecule has 1 N–H and O–H groups in total. The van der Waals surface area contributed by atoms with Gasteiger partial charge in [0.25, 0.3) is 0 Å². The van der Waals surface area contributed by atoms with Gasteiger partial charge in [0, 0.05) is 12.3 Å². The quantitative estimate of drug-likeness (QED) is 0.604. The number of hydrogen-bond acceptors (Lipinski definition) is 7. The fraction of sp³-hybridized carbons (Fsp3) is 0.562. The van der Waals surface area contributed by atoms with Crippen molar-refractivity contribution in [3.05, 3.63) is 27.8 Å². The highest BCUT2D eigenvalue weighted by Crippen LogP contribution is 2.37. The summed E-state index contributed by atoms with van der Waals surface area (Å²) in [7, 11) is -2.91. The van der Waals surface area contributed by atoms with E-state index < -0.39 is 14.8 Å². The monoisotopic (exact) mass is 383 g/mol. The minimum atomic E-state index is -2.91. The highest BCUT2D eigenvalue weighted by Gasteiger charge is 2.26. The highest BCUT2D eigenvalue weighted by molar-refractivity contribution is 7.90. The van der Waals surface area contributed by atoms with Crippen LogP contribution in [0.15, 0.2) is 17.6 Å². The van der Waals surface area contributed by atoms with Crippen LogP contribution < -0.4 is 5.32 Å². The second kappa shape index (κ2) is 7.25. The topological polar surface area (TPSA) is 102 Å². The maximum absolute atomic E-state index is 11.3. The molecule has 0 aliphatic heterocycles. The van der Waals surface area contributed by atoms with Gasteiger partial charge in [-0.1, -0.05) is 0 Å². The number of nitrogens with one attached hydrogen (secondary N) is 1. The average molecular weight is 383 g/mol. The van der Waals surface area contributed by atoms with Crippen LogP contribution in [0.2, 0.25) is 0 Å². The molecule has 1 aliphatic carbocycles. The molecule has 1 aliphatic rings. The number of fused-ring (bicyclic) bond motifs is 1. The standard InChI is InChI=1S/C16H21N3O4S2/c1-25(22,23)9-7-11-2-4-12(5-3-11)18-15-14(19(20)21)10-17-13-6-8-24-16(13)15/h6,8,10-12H,2-5,7,9H2,1H3,(H,17,18)/t11-,12-. The van der Waals surface area contributed by atoms with Crippen molar-refractivity contribution in [3.8, 4) is 0 Å². The van der Waals surface area contributed by atoms with Crippen LogP contribution >= 0.6 is 11.3 Å². The van der Waals surface area contributed by atoms with Crippen LogP contribution in [0.25, 0.3) is 10.2 Å². The Kier molecular flexibility index (Phi) is 5.24. The molecule has 136 valence electrons. The van der Waals surface area contributed by atoms with E-state index in [0.717, 1.165) is 35.9 Å². The Balaban J connectivity index is 1.68. The van der Waals surface area contributed by atoms with Gasteiger partial charge in [-0.15, -0.1) is 11.3 Å². The predicted octanol–water partition coefficient (Wildman–Crippen LogP) is 3.61. The zero-order valence-electron chi connectivity index (χ0n) is 14.0. The zero-order valence-corrected chi connectivity index (χ0v) is 15.6. The van der Waals surface area contributed by atoms with E-state index in [-0.39, 0.29) is 17.5 Å². The van der Waals surface area contributed by atoms with Gasteiger partial charge in [-0.3, -0.25) is 10.1 Å². The molecule has 0 spiro atoms. The molecule has 0 unspecified atom stereocenters. The van der Waals surface area contributed by atoms with Crippen molar-refractivity contribution < 1.29 is 13.3 Å². The number of hydrogen-bond donors (Lipinski definition) is 1. The van der Waals surface area contributed by atoms with Gasteiger partial charge in [-0.2, -0.15) is 0 Å². The van der Waals surface area contributed by atoms with E-state index in [1.807, 2.05) is 11.4 Å². The molecule has 2 aromatic rings. The molecule has 0 atom stereocenters. The number of pyridine rings is 1. The van der Waals surface area contributed by atoms with Crippen LogP contribution in [-0.4, -0.2) is 36.4 Å². The first kappa shape index (κ1) is 18.1. The van der Waals surface area contributed by atoms with Gasteiger partial charge in [0.15, 0.2) is 0 Å². The van der Waals surface area contributed by atoms with Crippen molar-refractivity contribution in [2.45, 2.75) is 38.1 Å². The Labute approximate surface area is 150 Å². The van der Waals surface area contributed by atoms with E-state index in [4.69, 9.17) is 0 Å². The molecule has 9 heteroatoms. The Morgan fingerprint density at radius 2 is 2.08 bits per heavy atom.